The summed E-state index contributed by atoms with van der Waals surface area (Å²) < 4.78 is 27.6. The van der Waals surface area contributed by atoms with Crippen molar-refractivity contribution in [2.45, 2.75) is 32.4 Å². The van der Waals surface area contributed by atoms with Gasteiger partial charge >= 0.3 is 8.80 Å². The predicted octanol–water partition coefficient (Wildman–Crippen LogP) is 3.05. The Balaban J connectivity index is 1.78. The fourth-order valence-corrected chi connectivity index (χ4v) is 4.53. The van der Waals surface area contributed by atoms with Crippen LogP contribution in [0.15, 0.2) is 24.3 Å². The number of hydrogen-bond acceptors (Lipinski definition) is 5. The first-order valence-electron chi connectivity index (χ1n) is 8.50. The van der Waals surface area contributed by atoms with Crippen LogP contribution in [0.4, 0.5) is 0 Å². The fraction of sp³-hybridized carbons (Fsp3) is 0.667. The molecule has 136 valence electrons. The van der Waals surface area contributed by atoms with Gasteiger partial charge in [0.2, 0.25) is 0 Å². The van der Waals surface area contributed by atoms with E-state index in [0.29, 0.717) is 6.61 Å². The van der Waals surface area contributed by atoms with Crippen LogP contribution in [0.5, 0.6) is 0 Å². The molecule has 1 aliphatic heterocycles. The van der Waals surface area contributed by atoms with E-state index in [0.717, 1.165) is 38.7 Å². The van der Waals surface area contributed by atoms with Crippen molar-refractivity contribution in [3.05, 3.63) is 35.4 Å². The van der Waals surface area contributed by atoms with Crippen LogP contribution in [-0.4, -0.2) is 50.0 Å². The van der Waals surface area contributed by atoms with Gasteiger partial charge in [-0.2, -0.15) is 0 Å². The van der Waals surface area contributed by atoms with Crippen molar-refractivity contribution in [3.63, 3.8) is 0 Å². The van der Waals surface area contributed by atoms with Gasteiger partial charge in [-0.25, -0.2) is 0 Å². The van der Waals surface area contributed by atoms with Crippen LogP contribution < -0.4 is 0 Å². The lowest BCUT2D eigenvalue weighted by atomic mass is 9.84. The monoisotopic (exact) mass is 354 g/mol. The summed E-state index contributed by atoms with van der Waals surface area (Å²) in [6.07, 6.45) is 1.98. The zero-order valence-corrected chi connectivity index (χ0v) is 16.3. The Bertz CT molecular complexity index is 469. The highest BCUT2D eigenvalue weighted by molar-refractivity contribution is 6.60. The molecule has 1 fully saturated rings. The minimum atomic E-state index is -2.49. The summed E-state index contributed by atoms with van der Waals surface area (Å²) in [4.78, 5) is 0. The largest absolute Gasteiger partial charge is 0.500 e. The van der Waals surface area contributed by atoms with E-state index in [4.69, 9.17) is 22.8 Å². The maximum absolute atomic E-state index is 5.89. The predicted molar refractivity (Wildman–Crippen MR) is 94.9 cm³/mol. The van der Waals surface area contributed by atoms with E-state index in [1.54, 1.807) is 21.3 Å². The van der Waals surface area contributed by atoms with Crippen molar-refractivity contribution < 1.29 is 22.8 Å². The second kappa shape index (κ2) is 9.08. The molecule has 1 saturated heterocycles. The summed E-state index contributed by atoms with van der Waals surface area (Å²) in [6.45, 7) is 5.27. The lowest BCUT2D eigenvalue weighted by Crippen LogP contribution is -2.45. The number of benzene rings is 1. The summed E-state index contributed by atoms with van der Waals surface area (Å²) in [5.41, 5.74) is 2.69. The molecule has 0 aliphatic carbocycles. The molecule has 1 aromatic carbocycles. The normalized spacial score (nSPS) is 16.8. The number of ether oxygens (including phenoxy) is 2. The number of hydrogen-bond donors (Lipinski definition) is 0. The molecule has 0 aromatic heterocycles. The minimum Gasteiger partial charge on any atom is -0.380 e. The van der Waals surface area contributed by atoms with Gasteiger partial charge in [0.05, 0.1) is 26.4 Å². The van der Waals surface area contributed by atoms with Crippen LogP contribution >= 0.6 is 0 Å². The van der Waals surface area contributed by atoms with Crippen molar-refractivity contribution in [2.75, 3.05) is 41.2 Å². The van der Waals surface area contributed by atoms with E-state index >= 15 is 0 Å². The standard InChI is InChI=1S/C18H30O5Si/c1-5-18(14-23-15-18)13-22-12-17-8-6-16(7-9-17)10-11-24(19-2,20-3)21-4/h6-9H,5,10-15H2,1-4H3. The highest BCUT2D eigenvalue weighted by Crippen LogP contribution is 2.31. The lowest BCUT2D eigenvalue weighted by molar-refractivity contribution is -0.152. The molecule has 5 nitrogen and oxygen atoms in total. The Hall–Kier alpha value is -0.763. The Labute approximate surface area is 146 Å². The molecule has 2 rings (SSSR count). The van der Waals surface area contributed by atoms with Gasteiger partial charge in [0.1, 0.15) is 0 Å². The van der Waals surface area contributed by atoms with E-state index in [1.807, 2.05) is 0 Å². The van der Waals surface area contributed by atoms with E-state index in [-0.39, 0.29) is 5.41 Å². The third-order valence-electron chi connectivity index (χ3n) is 4.92. The van der Waals surface area contributed by atoms with Gasteiger partial charge in [0.15, 0.2) is 0 Å². The van der Waals surface area contributed by atoms with Crippen molar-refractivity contribution in [3.8, 4) is 0 Å². The zero-order valence-electron chi connectivity index (χ0n) is 15.3. The van der Waals surface area contributed by atoms with Crippen molar-refractivity contribution in [1.29, 1.82) is 0 Å². The zero-order chi connectivity index (χ0) is 17.5. The average Bonchev–Trinajstić information content (AvgIpc) is 2.60. The maximum Gasteiger partial charge on any atom is 0.500 e. The Morgan fingerprint density at radius 2 is 1.58 bits per heavy atom. The van der Waals surface area contributed by atoms with Crippen molar-refractivity contribution >= 4 is 8.80 Å². The highest BCUT2D eigenvalue weighted by Gasteiger charge is 2.37. The summed E-state index contributed by atoms with van der Waals surface area (Å²) in [5.74, 6) is 0. The fourth-order valence-electron chi connectivity index (χ4n) is 2.82. The molecule has 0 atom stereocenters. The van der Waals surface area contributed by atoms with Gasteiger partial charge in [0, 0.05) is 32.8 Å². The third-order valence-corrected chi connectivity index (χ3v) is 7.65. The Morgan fingerprint density at radius 3 is 2.04 bits per heavy atom. The minimum absolute atomic E-state index is 0.244. The smallest absolute Gasteiger partial charge is 0.380 e. The molecule has 0 radical (unpaired) electrons. The molecule has 6 heteroatoms. The molecule has 0 amide bonds. The van der Waals surface area contributed by atoms with Crippen LogP contribution in [0.1, 0.15) is 24.5 Å². The second-order valence-electron chi connectivity index (χ2n) is 6.45. The molecular formula is C18H30O5Si. The van der Waals surface area contributed by atoms with Gasteiger partial charge in [-0.05, 0) is 24.0 Å². The molecule has 1 aliphatic rings. The van der Waals surface area contributed by atoms with Gasteiger partial charge in [-0.3, -0.25) is 0 Å². The Morgan fingerprint density at radius 1 is 1.00 bits per heavy atom. The number of rotatable bonds is 11. The quantitative estimate of drug-likeness (QED) is 0.572. The van der Waals surface area contributed by atoms with Crippen LogP contribution in [-0.2, 0) is 35.8 Å². The van der Waals surface area contributed by atoms with Gasteiger partial charge in [-0.1, -0.05) is 31.2 Å². The van der Waals surface area contributed by atoms with Crippen molar-refractivity contribution in [2.24, 2.45) is 5.41 Å². The SMILES string of the molecule is CCC1(COCc2ccc(CC[Si](OC)(OC)OC)cc2)COC1. The molecule has 24 heavy (non-hydrogen) atoms. The lowest BCUT2D eigenvalue weighted by Gasteiger charge is -2.40. The third kappa shape index (κ3) is 4.88. The molecule has 0 spiro atoms. The van der Waals surface area contributed by atoms with Crippen LogP contribution in [0.3, 0.4) is 0 Å². The summed E-state index contributed by atoms with van der Waals surface area (Å²) in [7, 11) is 2.45. The van der Waals surface area contributed by atoms with Crippen molar-refractivity contribution in [1.82, 2.24) is 0 Å². The van der Waals surface area contributed by atoms with Gasteiger partial charge < -0.3 is 22.8 Å². The highest BCUT2D eigenvalue weighted by atomic mass is 28.4. The summed E-state index contributed by atoms with van der Waals surface area (Å²) in [5, 5.41) is 0. The molecule has 1 aromatic rings. The van der Waals surface area contributed by atoms with Gasteiger partial charge in [-0.15, -0.1) is 0 Å². The molecule has 0 unspecified atom stereocenters. The first kappa shape index (κ1) is 19.6. The Kier molecular flexibility index (Phi) is 7.40. The van der Waals surface area contributed by atoms with E-state index in [9.17, 15) is 0 Å². The maximum atomic E-state index is 5.89. The first-order valence-corrected chi connectivity index (χ1v) is 10.4. The van der Waals surface area contributed by atoms with E-state index in [1.165, 1.54) is 11.1 Å². The van der Waals surface area contributed by atoms with E-state index < -0.39 is 8.80 Å². The summed E-state index contributed by atoms with van der Waals surface area (Å²) >= 11 is 0. The number of aryl methyl sites for hydroxylation is 1. The molecule has 0 saturated carbocycles. The van der Waals surface area contributed by atoms with Gasteiger partial charge in [0.25, 0.3) is 0 Å². The average molecular weight is 355 g/mol. The van der Waals surface area contributed by atoms with Crippen LogP contribution in [0, 0.1) is 5.41 Å². The molecular weight excluding hydrogens is 324 g/mol. The molecule has 0 bridgehead atoms. The summed E-state index contributed by atoms with van der Waals surface area (Å²) in [6, 6.07) is 9.30. The van der Waals surface area contributed by atoms with Crippen LogP contribution in [0.25, 0.3) is 0 Å². The van der Waals surface area contributed by atoms with Crippen LogP contribution in [0.2, 0.25) is 6.04 Å². The molecule has 0 N–H and O–H groups in total. The van der Waals surface area contributed by atoms with E-state index in [2.05, 4.69) is 31.2 Å². The second-order valence-corrected chi connectivity index (χ2v) is 9.54. The topological polar surface area (TPSA) is 46.2 Å². The first-order chi connectivity index (χ1) is 11.6. The molecule has 1 heterocycles.